The van der Waals surface area contributed by atoms with Gasteiger partial charge in [0.2, 0.25) is 15.9 Å². The number of benzene rings is 1. The fraction of sp³-hybridized carbons (Fsp3) is 0.652. The first-order chi connectivity index (χ1) is 15.2. The number of rotatable bonds is 7. The van der Waals surface area contributed by atoms with Crippen molar-refractivity contribution in [2.75, 3.05) is 19.6 Å². The van der Waals surface area contributed by atoms with E-state index in [1.807, 2.05) is 11.8 Å². The molecule has 0 aromatic heterocycles. The van der Waals surface area contributed by atoms with Crippen molar-refractivity contribution in [1.29, 1.82) is 0 Å². The largest absolute Gasteiger partial charge is 0.335 e. The summed E-state index contributed by atoms with van der Waals surface area (Å²) in [6.45, 7) is 5.39. The molecule has 1 aliphatic heterocycles. The van der Waals surface area contributed by atoms with Crippen LogP contribution in [0.25, 0.3) is 0 Å². The Bertz CT molecular complexity index is 882. The Morgan fingerprint density at radius 2 is 1.75 bits per heavy atom. The number of hydrogen-bond acceptors (Lipinski definition) is 5. The number of carbonyl (C=O) groups is 2. The van der Waals surface area contributed by atoms with Crippen LogP contribution in [-0.2, 0) is 14.8 Å². The van der Waals surface area contributed by atoms with Gasteiger partial charge in [-0.25, -0.2) is 17.9 Å². The first kappa shape index (κ1) is 24.7. The van der Waals surface area contributed by atoms with E-state index in [9.17, 15) is 18.0 Å². The van der Waals surface area contributed by atoms with Gasteiger partial charge in [0.25, 0.3) is 0 Å². The van der Waals surface area contributed by atoms with E-state index in [-0.39, 0.29) is 22.8 Å². The average molecular weight is 465 g/mol. The zero-order valence-corrected chi connectivity index (χ0v) is 19.9. The van der Waals surface area contributed by atoms with Crippen molar-refractivity contribution >= 4 is 22.0 Å². The molecule has 0 radical (unpaired) electrons. The lowest BCUT2D eigenvalue weighted by Gasteiger charge is -2.36. The third-order valence-corrected chi connectivity index (χ3v) is 7.99. The van der Waals surface area contributed by atoms with Crippen LogP contribution < -0.4 is 15.4 Å². The van der Waals surface area contributed by atoms with E-state index in [0.29, 0.717) is 13.1 Å². The molecule has 2 fully saturated rings. The molecule has 8 nitrogen and oxygen atoms in total. The van der Waals surface area contributed by atoms with Crippen LogP contribution >= 0.6 is 0 Å². The van der Waals surface area contributed by atoms with Gasteiger partial charge < -0.3 is 5.32 Å². The van der Waals surface area contributed by atoms with E-state index in [0.717, 1.165) is 50.6 Å². The monoisotopic (exact) mass is 464 g/mol. The van der Waals surface area contributed by atoms with Gasteiger partial charge in [0.1, 0.15) is 0 Å². The lowest BCUT2D eigenvalue weighted by molar-refractivity contribution is -0.125. The van der Waals surface area contributed by atoms with E-state index in [4.69, 9.17) is 0 Å². The molecule has 1 aromatic carbocycles. The summed E-state index contributed by atoms with van der Waals surface area (Å²) < 4.78 is 27.8. The SMILES string of the molecule is Cc1ccc(S(=O)(=O)NCC2CCCN(C(C)C(=O)NC(=O)NC3CCCCC3)C2)cc1. The number of hydrogen-bond donors (Lipinski definition) is 3. The minimum absolute atomic E-state index is 0.107. The normalized spacial score (nSPS) is 21.6. The van der Waals surface area contributed by atoms with Crippen molar-refractivity contribution in [3.8, 4) is 0 Å². The molecule has 32 heavy (non-hydrogen) atoms. The molecule has 0 spiro atoms. The maximum absolute atomic E-state index is 12.6. The molecule has 1 heterocycles. The number of imide groups is 1. The zero-order chi connectivity index (χ0) is 23.1. The molecule has 1 aliphatic carbocycles. The second kappa shape index (κ2) is 11.2. The molecular weight excluding hydrogens is 428 g/mol. The molecule has 9 heteroatoms. The summed E-state index contributed by atoms with van der Waals surface area (Å²) in [5.41, 5.74) is 1.01. The summed E-state index contributed by atoms with van der Waals surface area (Å²) in [6, 6.07) is 6.04. The van der Waals surface area contributed by atoms with Gasteiger partial charge >= 0.3 is 6.03 Å². The van der Waals surface area contributed by atoms with E-state index in [1.165, 1.54) is 6.42 Å². The molecule has 3 rings (SSSR count). The maximum atomic E-state index is 12.6. The second-order valence-corrected chi connectivity index (χ2v) is 10.9. The number of nitrogens with zero attached hydrogens (tertiary/aromatic N) is 1. The van der Waals surface area contributed by atoms with Gasteiger partial charge in [-0.3, -0.25) is 15.0 Å². The van der Waals surface area contributed by atoms with E-state index in [1.54, 1.807) is 31.2 Å². The van der Waals surface area contributed by atoms with E-state index < -0.39 is 22.1 Å². The van der Waals surface area contributed by atoms with E-state index >= 15 is 0 Å². The molecule has 3 N–H and O–H groups in total. The summed E-state index contributed by atoms with van der Waals surface area (Å²) in [6.07, 6.45) is 7.11. The number of carbonyl (C=O) groups excluding carboxylic acids is 2. The first-order valence-electron chi connectivity index (χ1n) is 11.7. The van der Waals surface area contributed by atoms with Gasteiger partial charge in [-0.05, 0) is 64.1 Å². The fourth-order valence-electron chi connectivity index (χ4n) is 4.49. The number of urea groups is 1. The van der Waals surface area contributed by atoms with Gasteiger partial charge in [0.15, 0.2) is 0 Å². The van der Waals surface area contributed by atoms with Crippen LogP contribution in [0.5, 0.6) is 0 Å². The van der Waals surface area contributed by atoms with Crippen LogP contribution in [0, 0.1) is 12.8 Å². The number of amides is 3. The van der Waals surface area contributed by atoms with Crippen LogP contribution in [0.1, 0.15) is 57.4 Å². The molecule has 2 aliphatic rings. The summed E-state index contributed by atoms with van der Waals surface area (Å²) in [5, 5.41) is 5.39. The molecule has 178 valence electrons. The summed E-state index contributed by atoms with van der Waals surface area (Å²) in [7, 11) is -3.56. The average Bonchev–Trinajstić information content (AvgIpc) is 2.78. The van der Waals surface area contributed by atoms with Gasteiger partial charge in [-0.2, -0.15) is 0 Å². The highest BCUT2D eigenvalue weighted by Gasteiger charge is 2.29. The molecule has 2 atom stereocenters. The zero-order valence-electron chi connectivity index (χ0n) is 19.1. The third kappa shape index (κ3) is 7.02. The Kier molecular flexibility index (Phi) is 8.67. The van der Waals surface area contributed by atoms with E-state index in [2.05, 4.69) is 15.4 Å². The second-order valence-electron chi connectivity index (χ2n) is 9.14. The number of piperidine rings is 1. The van der Waals surface area contributed by atoms with Gasteiger partial charge in [0, 0.05) is 19.1 Å². The first-order valence-corrected chi connectivity index (χ1v) is 13.1. The standard InChI is InChI=1S/C23H36N4O4S/c1-17-10-12-21(13-11-17)32(30,31)24-15-19-7-6-14-27(16-19)18(2)22(28)26-23(29)25-20-8-4-3-5-9-20/h10-13,18-20,24H,3-9,14-16H2,1-2H3,(H2,25,26,28,29). The van der Waals surface area contributed by atoms with Crippen LogP contribution in [0.15, 0.2) is 29.2 Å². The van der Waals surface area contributed by atoms with Crippen LogP contribution in [0.4, 0.5) is 4.79 Å². The van der Waals surface area contributed by atoms with Crippen LogP contribution in [0.2, 0.25) is 0 Å². The third-order valence-electron chi connectivity index (χ3n) is 6.55. The molecular formula is C23H36N4O4S. The van der Waals surface area contributed by atoms with Gasteiger partial charge in [-0.1, -0.05) is 37.0 Å². The Morgan fingerprint density at radius 3 is 2.44 bits per heavy atom. The maximum Gasteiger partial charge on any atom is 0.321 e. The predicted molar refractivity (Wildman–Crippen MR) is 124 cm³/mol. The molecule has 1 saturated carbocycles. The summed E-state index contributed by atoms with van der Waals surface area (Å²) in [4.78, 5) is 27.1. The van der Waals surface area contributed by atoms with Gasteiger partial charge in [-0.15, -0.1) is 0 Å². The Morgan fingerprint density at radius 1 is 1.06 bits per heavy atom. The quantitative estimate of drug-likeness (QED) is 0.575. The molecule has 0 bridgehead atoms. The van der Waals surface area contributed by atoms with Crippen molar-refractivity contribution in [3.05, 3.63) is 29.8 Å². The lowest BCUT2D eigenvalue weighted by Crippen LogP contribution is -2.54. The fourth-order valence-corrected chi connectivity index (χ4v) is 5.61. The number of aryl methyl sites for hydroxylation is 1. The van der Waals surface area contributed by atoms with Crippen molar-refractivity contribution < 1.29 is 18.0 Å². The van der Waals surface area contributed by atoms with Gasteiger partial charge in [0.05, 0.1) is 10.9 Å². The number of likely N-dealkylation sites (tertiary alicyclic amines) is 1. The Labute approximate surface area is 191 Å². The summed E-state index contributed by atoms with van der Waals surface area (Å²) in [5.74, 6) is -0.213. The van der Waals surface area contributed by atoms with Crippen molar-refractivity contribution in [1.82, 2.24) is 20.3 Å². The molecule has 3 amide bonds. The Hall–Kier alpha value is -1.97. The number of nitrogens with one attached hydrogen (secondary N) is 3. The van der Waals surface area contributed by atoms with Crippen molar-refractivity contribution in [2.45, 2.75) is 75.8 Å². The highest BCUT2D eigenvalue weighted by atomic mass is 32.2. The van der Waals surface area contributed by atoms with Crippen molar-refractivity contribution in [3.63, 3.8) is 0 Å². The van der Waals surface area contributed by atoms with Crippen LogP contribution in [-0.4, -0.2) is 57.0 Å². The topological polar surface area (TPSA) is 108 Å². The van der Waals surface area contributed by atoms with Crippen molar-refractivity contribution in [2.24, 2.45) is 5.92 Å². The molecule has 2 unspecified atom stereocenters. The minimum Gasteiger partial charge on any atom is -0.335 e. The summed E-state index contributed by atoms with van der Waals surface area (Å²) >= 11 is 0. The molecule has 1 saturated heterocycles. The molecule has 1 aromatic rings. The predicted octanol–water partition coefficient (Wildman–Crippen LogP) is 2.53. The number of sulfonamides is 1. The smallest absolute Gasteiger partial charge is 0.321 e. The lowest BCUT2D eigenvalue weighted by atomic mass is 9.96. The highest BCUT2D eigenvalue weighted by Crippen LogP contribution is 2.20. The minimum atomic E-state index is -3.56. The highest BCUT2D eigenvalue weighted by molar-refractivity contribution is 7.89. The Balaban J connectivity index is 1.47. The van der Waals surface area contributed by atoms with Crippen LogP contribution in [0.3, 0.4) is 0 Å².